The molecule has 3 aliphatic rings. The maximum Gasteiger partial charge on any atom is 0.331 e. The van der Waals surface area contributed by atoms with Crippen molar-refractivity contribution < 1.29 is 14.6 Å². The van der Waals surface area contributed by atoms with Gasteiger partial charge in [-0.2, -0.15) is 0 Å². The highest BCUT2D eigenvalue weighted by Gasteiger charge is 2.59. The lowest BCUT2D eigenvalue weighted by molar-refractivity contribution is -0.167. The Hall–Kier alpha value is -1.85. The molecule has 1 N–H and O–H groups in total. The lowest BCUT2D eigenvalue weighted by Crippen LogP contribution is -2.60. The second-order valence-corrected chi connectivity index (χ2v) is 8.27. The molecule has 1 aromatic carbocycles. The Balaban J connectivity index is 1.84. The molecule has 5 heteroatoms. The van der Waals surface area contributed by atoms with Crippen molar-refractivity contribution in [2.24, 2.45) is 5.41 Å². The van der Waals surface area contributed by atoms with Crippen molar-refractivity contribution in [3.05, 3.63) is 35.5 Å². The van der Waals surface area contributed by atoms with Crippen LogP contribution in [0.4, 0.5) is 0 Å². The smallest absolute Gasteiger partial charge is 0.331 e. The minimum absolute atomic E-state index is 0.188. The van der Waals surface area contributed by atoms with Gasteiger partial charge >= 0.3 is 5.97 Å². The van der Waals surface area contributed by atoms with Crippen molar-refractivity contribution in [2.45, 2.75) is 57.7 Å². The predicted molar refractivity (Wildman–Crippen MR) is 104 cm³/mol. The van der Waals surface area contributed by atoms with Crippen molar-refractivity contribution >= 4 is 16.9 Å². The van der Waals surface area contributed by atoms with E-state index in [1.54, 1.807) is 0 Å². The average molecular weight is 368 g/mol. The molecule has 0 spiro atoms. The molecule has 3 aliphatic heterocycles. The molecule has 0 saturated carbocycles. The summed E-state index contributed by atoms with van der Waals surface area (Å²) in [7, 11) is 0. The number of ether oxygens (including phenoxy) is 1. The van der Waals surface area contributed by atoms with E-state index < -0.39 is 12.1 Å². The van der Waals surface area contributed by atoms with E-state index in [0.717, 1.165) is 44.3 Å². The standard InChI is InChI=1S/C22H28N2O3/c1-3-22-11-7-12-23-13-10-15-14-8-5-6-9-16(14)24(17(15)19(22)23)18(20(22)25)21(26)27-4-2/h5-6,8-9,18-20,25H,3-4,7,10-13H2,1-2H3/t18?,19-,20?,22-/m1/s1. The first-order valence-electron chi connectivity index (χ1n) is 10.3. The number of aliphatic hydroxyl groups excluding tert-OH is 1. The Kier molecular flexibility index (Phi) is 3.89. The van der Waals surface area contributed by atoms with Gasteiger partial charge in [-0.05, 0) is 50.8 Å². The highest BCUT2D eigenvalue weighted by molar-refractivity contribution is 5.89. The monoisotopic (exact) mass is 368 g/mol. The zero-order valence-electron chi connectivity index (χ0n) is 16.1. The maximum absolute atomic E-state index is 13.0. The molecule has 0 radical (unpaired) electrons. The number of rotatable bonds is 3. The largest absolute Gasteiger partial charge is 0.464 e. The quantitative estimate of drug-likeness (QED) is 0.846. The van der Waals surface area contributed by atoms with E-state index in [1.807, 2.05) is 13.0 Å². The van der Waals surface area contributed by atoms with Crippen LogP contribution in [0.5, 0.6) is 0 Å². The predicted octanol–water partition coefficient (Wildman–Crippen LogP) is 3.21. The fraction of sp³-hybridized carbons (Fsp3) is 0.591. The van der Waals surface area contributed by atoms with E-state index in [2.05, 4.69) is 34.6 Å². The molecule has 2 unspecified atom stereocenters. The highest BCUT2D eigenvalue weighted by Crippen LogP contribution is 2.59. The number of hydrogen-bond donors (Lipinski definition) is 1. The number of carbonyl (C=O) groups is 1. The molecular formula is C22H28N2O3. The third-order valence-corrected chi connectivity index (χ3v) is 7.32. The molecule has 1 aromatic heterocycles. The van der Waals surface area contributed by atoms with Crippen LogP contribution in [0, 0.1) is 5.41 Å². The normalized spacial score (nSPS) is 32.3. The average Bonchev–Trinajstić information content (AvgIpc) is 3.02. The SMILES string of the molecule is CCOC(=O)C1C(O)[C@]2(CC)CCCN3CCc4c(n1c1ccccc41)[C@@H]32. The summed E-state index contributed by atoms with van der Waals surface area (Å²) in [6.45, 7) is 6.44. The number of aromatic nitrogens is 1. The van der Waals surface area contributed by atoms with E-state index >= 15 is 0 Å². The van der Waals surface area contributed by atoms with Gasteiger partial charge in [-0.25, -0.2) is 4.79 Å². The van der Waals surface area contributed by atoms with Crippen LogP contribution in [0.1, 0.15) is 56.5 Å². The van der Waals surface area contributed by atoms with Gasteiger partial charge < -0.3 is 14.4 Å². The number of aliphatic hydroxyl groups is 1. The van der Waals surface area contributed by atoms with Gasteiger partial charge in [-0.1, -0.05) is 25.1 Å². The van der Waals surface area contributed by atoms with Crippen LogP contribution in [-0.4, -0.2) is 46.3 Å². The number of esters is 1. The minimum Gasteiger partial charge on any atom is -0.464 e. The van der Waals surface area contributed by atoms with Gasteiger partial charge in [0.1, 0.15) is 0 Å². The number of para-hydroxylation sites is 1. The molecule has 144 valence electrons. The Morgan fingerprint density at radius 2 is 2.11 bits per heavy atom. The highest BCUT2D eigenvalue weighted by atomic mass is 16.5. The third kappa shape index (κ3) is 2.10. The molecule has 0 aliphatic carbocycles. The Morgan fingerprint density at radius 1 is 1.30 bits per heavy atom. The Morgan fingerprint density at radius 3 is 2.89 bits per heavy atom. The van der Waals surface area contributed by atoms with Gasteiger partial charge in [0.25, 0.3) is 0 Å². The molecule has 4 heterocycles. The summed E-state index contributed by atoms with van der Waals surface area (Å²) >= 11 is 0. The lowest BCUT2D eigenvalue weighted by atomic mass is 9.61. The van der Waals surface area contributed by atoms with Crippen molar-refractivity contribution in [2.75, 3.05) is 19.7 Å². The van der Waals surface area contributed by atoms with Gasteiger partial charge in [0.05, 0.1) is 18.8 Å². The molecule has 5 rings (SSSR count). The number of hydrogen-bond acceptors (Lipinski definition) is 4. The zero-order valence-corrected chi connectivity index (χ0v) is 16.1. The summed E-state index contributed by atoms with van der Waals surface area (Å²) in [6.07, 6.45) is 3.18. The number of nitrogens with zero attached hydrogens (tertiary/aromatic N) is 2. The molecule has 0 amide bonds. The fourth-order valence-electron chi connectivity index (χ4n) is 6.20. The molecule has 27 heavy (non-hydrogen) atoms. The van der Waals surface area contributed by atoms with Crippen LogP contribution >= 0.6 is 0 Å². The van der Waals surface area contributed by atoms with Gasteiger partial charge in [0.15, 0.2) is 6.04 Å². The Bertz CT molecular complexity index is 904. The summed E-state index contributed by atoms with van der Waals surface area (Å²) in [5, 5.41) is 12.8. The van der Waals surface area contributed by atoms with Crippen LogP contribution in [0.15, 0.2) is 24.3 Å². The fourth-order valence-corrected chi connectivity index (χ4v) is 6.20. The second-order valence-electron chi connectivity index (χ2n) is 8.27. The first-order chi connectivity index (χ1) is 13.1. The van der Waals surface area contributed by atoms with E-state index in [0.29, 0.717) is 6.61 Å². The summed E-state index contributed by atoms with van der Waals surface area (Å²) in [5.74, 6) is -0.303. The summed E-state index contributed by atoms with van der Waals surface area (Å²) in [4.78, 5) is 15.6. The van der Waals surface area contributed by atoms with Crippen molar-refractivity contribution in [3.63, 3.8) is 0 Å². The van der Waals surface area contributed by atoms with Crippen molar-refractivity contribution in [1.29, 1.82) is 0 Å². The number of piperidine rings is 1. The van der Waals surface area contributed by atoms with Gasteiger partial charge in [0, 0.05) is 28.6 Å². The van der Waals surface area contributed by atoms with Crippen LogP contribution in [-0.2, 0) is 16.0 Å². The van der Waals surface area contributed by atoms with Crippen LogP contribution in [0.2, 0.25) is 0 Å². The van der Waals surface area contributed by atoms with E-state index in [9.17, 15) is 9.90 Å². The van der Waals surface area contributed by atoms with Crippen molar-refractivity contribution in [1.82, 2.24) is 9.47 Å². The second kappa shape index (κ2) is 6.08. The third-order valence-electron chi connectivity index (χ3n) is 7.32. The van der Waals surface area contributed by atoms with E-state index in [1.165, 1.54) is 16.6 Å². The summed E-state index contributed by atoms with van der Waals surface area (Å²) < 4.78 is 7.58. The molecule has 1 fully saturated rings. The van der Waals surface area contributed by atoms with Crippen LogP contribution in [0.25, 0.3) is 10.9 Å². The van der Waals surface area contributed by atoms with Gasteiger partial charge in [-0.3, -0.25) is 4.90 Å². The molecular weight excluding hydrogens is 340 g/mol. The maximum atomic E-state index is 13.0. The van der Waals surface area contributed by atoms with Crippen LogP contribution in [0.3, 0.4) is 0 Å². The van der Waals surface area contributed by atoms with Crippen molar-refractivity contribution in [3.8, 4) is 0 Å². The minimum atomic E-state index is -0.733. The molecule has 4 atom stereocenters. The number of benzene rings is 1. The summed E-state index contributed by atoms with van der Waals surface area (Å²) in [6, 6.07) is 7.86. The lowest BCUT2D eigenvalue weighted by Gasteiger charge is -2.58. The first kappa shape index (κ1) is 17.3. The topological polar surface area (TPSA) is 54.7 Å². The van der Waals surface area contributed by atoms with E-state index in [4.69, 9.17) is 4.74 Å². The molecule has 0 bridgehead atoms. The zero-order chi connectivity index (χ0) is 18.8. The van der Waals surface area contributed by atoms with Gasteiger partial charge in [-0.15, -0.1) is 0 Å². The first-order valence-corrected chi connectivity index (χ1v) is 10.3. The molecule has 1 saturated heterocycles. The molecule has 5 nitrogen and oxygen atoms in total. The van der Waals surface area contributed by atoms with Gasteiger partial charge in [0.2, 0.25) is 0 Å². The van der Waals surface area contributed by atoms with Crippen LogP contribution < -0.4 is 0 Å². The summed E-state index contributed by atoms with van der Waals surface area (Å²) in [5.41, 5.74) is 3.40. The number of carbonyl (C=O) groups excluding carboxylic acids is 1. The number of fused-ring (bicyclic) bond motifs is 3. The molecule has 2 aromatic rings. The Labute approximate surface area is 159 Å². The van der Waals surface area contributed by atoms with E-state index in [-0.39, 0.29) is 17.4 Å².